The SMILES string of the molecule is CCC(=O)c1ccc(NC(=S)NC(=O)c2ccc(C(C)(C)C)cc2)c(N)c1. The minimum atomic E-state index is -0.302. The van der Waals surface area contributed by atoms with Gasteiger partial charge in [0.05, 0.1) is 11.4 Å². The van der Waals surface area contributed by atoms with Gasteiger partial charge in [-0.05, 0) is 53.5 Å². The van der Waals surface area contributed by atoms with Crippen molar-refractivity contribution in [3.8, 4) is 0 Å². The third-order valence-electron chi connectivity index (χ3n) is 4.18. The predicted molar refractivity (Wildman–Crippen MR) is 114 cm³/mol. The van der Waals surface area contributed by atoms with Crippen LogP contribution in [-0.4, -0.2) is 16.8 Å². The molecule has 2 aromatic rings. The number of Topliss-reactive ketones (excluding diaryl/α,β-unsaturated/α-hetero) is 1. The van der Waals surface area contributed by atoms with Crippen molar-refractivity contribution < 1.29 is 9.59 Å². The van der Waals surface area contributed by atoms with Gasteiger partial charge in [0.15, 0.2) is 10.9 Å². The second-order valence-electron chi connectivity index (χ2n) is 7.31. The molecule has 0 heterocycles. The molecular weight excluding hydrogens is 358 g/mol. The summed E-state index contributed by atoms with van der Waals surface area (Å²) in [6.45, 7) is 8.14. The minimum absolute atomic E-state index is 0.0165. The number of ketones is 1. The van der Waals surface area contributed by atoms with Gasteiger partial charge in [-0.1, -0.05) is 39.8 Å². The van der Waals surface area contributed by atoms with E-state index >= 15 is 0 Å². The Morgan fingerprint density at radius 2 is 1.63 bits per heavy atom. The van der Waals surface area contributed by atoms with Crippen LogP contribution >= 0.6 is 12.2 Å². The van der Waals surface area contributed by atoms with E-state index in [4.69, 9.17) is 18.0 Å². The average Bonchev–Trinajstić information content (AvgIpc) is 2.62. The lowest BCUT2D eigenvalue weighted by Gasteiger charge is -2.19. The van der Waals surface area contributed by atoms with Crippen LogP contribution in [0.15, 0.2) is 42.5 Å². The van der Waals surface area contributed by atoms with Crippen molar-refractivity contribution in [3.63, 3.8) is 0 Å². The van der Waals surface area contributed by atoms with Crippen molar-refractivity contribution in [1.29, 1.82) is 0 Å². The summed E-state index contributed by atoms with van der Waals surface area (Å²) in [6.07, 6.45) is 0.411. The summed E-state index contributed by atoms with van der Waals surface area (Å²) in [7, 11) is 0. The van der Waals surface area contributed by atoms with Gasteiger partial charge in [-0.15, -0.1) is 0 Å². The van der Waals surface area contributed by atoms with Crippen LogP contribution in [0.4, 0.5) is 11.4 Å². The molecule has 5 nitrogen and oxygen atoms in total. The van der Waals surface area contributed by atoms with Gasteiger partial charge in [-0.25, -0.2) is 0 Å². The van der Waals surface area contributed by atoms with Crippen LogP contribution < -0.4 is 16.4 Å². The summed E-state index contributed by atoms with van der Waals surface area (Å²) in [5.74, 6) is -0.285. The third-order valence-corrected chi connectivity index (χ3v) is 4.39. The minimum Gasteiger partial charge on any atom is -0.397 e. The molecule has 4 N–H and O–H groups in total. The molecule has 0 saturated heterocycles. The fourth-order valence-corrected chi connectivity index (χ4v) is 2.71. The van der Waals surface area contributed by atoms with Crippen molar-refractivity contribution >= 4 is 40.4 Å². The second-order valence-corrected chi connectivity index (χ2v) is 7.72. The van der Waals surface area contributed by atoms with Crippen LogP contribution in [0.2, 0.25) is 0 Å². The highest BCUT2D eigenvalue weighted by atomic mass is 32.1. The highest BCUT2D eigenvalue weighted by molar-refractivity contribution is 7.80. The molecule has 0 aromatic heterocycles. The lowest BCUT2D eigenvalue weighted by Crippen LogP contribution is -2.34. The molecule has 1 amide bonds. The quantitative estimate of drug-likeness (QED) is 0.417. The van der Waals surface area contributed by atoms with E-state index in [1.165, 1.54) is 0 Å². The van der Waals surface area contributed by atoms with Gasteiger partial charge in [-0.3, -0.25) is 14.9 Å². The third kappa shape index (κ3) is 5.37. The number of anilines is 2. The van der Waals surface area contributed by atoms with E-state index in [2.05, 4.69) is 31.4 Å². The Morgan fingerprint density at radius 1 is 1.04 bits per heavy atom. The molecule has 2 aromatic carbocycles. The fourth-order valence-electron chi connectivity index (χ4n) is 2.50. The van der Waals surface area contributed by atoms with Gasteiger partial charge in [0.2, 0.25) is 0 Å². The normalized spacial score (nSPS) is 11.0. The van der Waals surface area contributed by atoms with Crippen molar-refractivity contribution in [3.05, 3.63) is 59.2 Å². The van der Waals surface area contributed by atoms with Gasteiger partial charge in [0.1, 0.15) is 0 Å². The van der Waals surface area contributed by atoms with Crippen LogP contribution in [0, 0.1) is 0 Å². The van der Waals surface area contributed by atoms with Gasteiger partial charge < -0.3 is 11.1 Å². The number of hydrogen-bond donors (Lipinski definition) is 3. The highest BCUT2D eigenvalue weighted by Gasteiger charge is 2.15. The molecule has 0 fully saturated rings. The first-order valence-electron chi connectivity index (χ1n) is 8.77. The average molecular weight is 384 g/mol. The van der Waals surface area contributed by atoms with E-state index < -0.39 is 0 Å². The first-order valence-corrected chi connectivity index (χ1v) is 9.18. The monoisotopic (exact) mass is 383 g/mol. The van der Waals surface area contributed by atoms with E-state index in [-0.39, 0.29) is 22.2 Å². The van der Waals surface area contributed by atoms with Crippen molar-refractivity contribution in [2.45, 2.75) is 39.5 Å². The van der Waals surface area contributed by atoms with Crippen LogP contribution in [-0.2, 0) is 5.41 Å². The fraction of sp³-hybridized carbons (Fsp3) is 0.286. The number of nitrogens with one attached hydrogen (secondary N) is 2. The Hall–Kier alpha value is -2.73. The Balaban J connectivity index is 2.03. The number of carbonyl (C=O) groups is 2. The number of hydrogen-bond acceptors (Lipinski definition) is 4. The van der Waals surface area contributed by atoms with E-state index in [0.29, 0.717) is 28.9 Å². The maximum absolute atomic E-state index is 12.4. The van der Waals surface area contributed by atoms with E-state index in [9.17, 15) is 9.59 Å². The van der Waals surface area contributed by atoms with E-state index in [0.717, 1.165) is 5.56 Å². The summed E-state index contributed by atoms with van der Waals surface area (Å²) in [6, 6.07) is 12.4. The second kappa shape index (κ2) is 8.31. The number of thiocarbonyl (C=S) groups is 1. The smallest absolute Gasteiger partial charge is 0.257 e. The zero-order valence-electron chi connectivity index (χ0n) is 16.1. The summed E-state index contributed by atoms with van der Waals surface area (Å²) in [5, 5.41) is 5.67. The molecule has 0 radical (unpaired) electrons. The number of benzene rings is 2. The molecule has 6 heteroatoms. The summed E-state index contributed by atoms with van der Waals surface area (Å²) < 4.78 is 0. The maximum Gasteiger partial charge on any atom is 0.257 e. The first-order chi connectivity index (χ1) is 12.6. The predicted octanol–water partition coefficient (Wildman–Crippen LogP) is 4.29. The van der Waals surface area contributed by atoms with Crippen LogP contribution in [0.25, 0.3) is 0 Å². The molecule has 0 aliphatic heterocycles. The van der Waals surface area contributed by atoms with Crippen molar-refractivity contribution in [1.82, 2.24) is 5.32 Å². The molecule has 2 rings (SSSR count). The standard InChI is InChI=1S/C21H25N3O2S/c1-5-18(25)14-8-11-17(16(22)12-14)23-20(27)24-19(26)13-6-9-15(10-7-13)21(2,3)4/h6-12H,5,22H2,1-4H3,(H2,23,24,26,27). The van der Waals surface area contributed by atoms with Crippen molar-refractivity contribution in [2.75, 3.05) is 11.1 Å². The molecule has 0 saturated carbocycles. The molecule has 0 unspecified atom stereocenters. The Kier molecular flexibility index (Phi) is 6.33. The lowest BCUT2D eigenvalue weighted by atomic mass is 9.87. The maximum atomic E-state index is 12.4. The van der Waals surface area contributed by atoms with Crippen molar-refractivity contribution in [2.24, 2.45) is 0 Å². The summed E-state index contributed by atoms with van der Waals surface area (Å²) >= 11 is 5.20. The number of carbonyl (C=O) groups excluding carboxylic acids is 2. The molecular formula is C21H25N3O2S. The molecule has 27 heavy (non-hydrogen) atoms. The summed E-state index contributed by atoms with van der Waals surface area (Å²) in [5.41, 5.74) is 9.14. The highest BCUT2D eigenvalue weighted by Crippen LogP contribution is 2.22. The van der Waals surface area contributed by atoms with E-state index in [1.807, 2.05) is 12.1 Å². The topological polar surface area (TPSA) is 84.2 Å². The molecule has 142 valence electrons. The largest absolute Gasteiger partial charge is 0.397 e. The van der Waals surface area contributed by atoms with Gasteiger partial charge in [0, 0.05) is 17.5 Å². The number of amides is 1. The zero-order chi connectivity index (χ0) is 20.2. The molecule has 0 bridgehead atoms. The molecule has 0 spiro atoms. The Bertz CT molecular complexity index is 868. The Morgan fingerprint density at radius 3 is 2.15 bits per heavy atom. The van der Waals surface area contributed by atoms with Crippen LogP contribution in [0.5, 0.6) is 0 Å². The number of rotatable bonds is 4. The van der Waals surface area contributed by atoms with E-state index in [1.54, 1.807) is 37.3 Å². The first kappa shape index (κ1) is 20.6. The van der Waals surface area contributed by atoms with Gasteiger partial charge >= 0.3 is 0 Å². The van der Waals surface area contributed by atoms with Crippen LogP contribution in [0.1, 0.15) is 60.4 Å². The molecule has 0 aliphatic rings. The number of nitrogen functional groups attached to an aromatic ring is 1. The summed E-state index contributed by atoms with van der Waals surface area (Å²) in [4.78, 5) is 24.1. The lowest BCUT2D eigenvalue weighted by molar-refractivity contribution is 0.0973. The molecule has 0 atom stereocenters. The number of nitrogens with two attached hydrogens (primary N) is 1. The molecule has 0 aliphatic carbocycles. The van der Waals surface area contributed by atoms with Gasteiger partial charge in [-0.2, -0.15) is 0 Å². The Labute approximate surface area is 165 Å². The van der Waals surface area contributed by atoms with Crippen LogP contribution in [0.3, 0.4) is 0 Å². The zero-order valence-corrected chi connectivity index (χ0v) is 16.9. The van der Waals surface area contributed by atoms with Gasteiger partial charge in [0.25, 0.3) is 5.91 Å².